The minimum atomic E-state index is -1.48. The quantitative estimate of drug-likeness (QED) is 0.527. The third-order valence-corrected chi connectivity index (χ3v) is 1.80. The van der Waals surface area contributed by atoms with Gasteiger partial charge in [-0.15, -0.1) is 0 Å². The second-order valence-corrected chi connectivity index (χ2v) is 2.91. The summed E-state index contributed by atoms with van der Waals surface area (Å²) in [4.78, 5) is 20.0. The average Bonchev–Trinajstić information content (AvgIpc) is 1.97. The first-order valence-electron chi connectivity index (χ1n) is 3.10. The molecule has 0 bridgehead atoms. The highest BCUT2D eigenvalue weighted by molar-refractivity contribution is 7.98. The number of hydrogen-bond acceptors (Lipinski definition) is 3. The third kappa shape index (κ3) is 9.19. The fourth-order valence-corrected chi connectivity index (χ4v) is 1.05. The molecule has 0 aromatic rings. The van der Waals surface area contributed by atoms with Gasteiger partial charge < -0.3 is 5.32 Å². The van der Waals surface area contributed by atoms with Gasteiger partial charge in [-0.25, -0.2) is 0 Å². The second kappa shape index (κ2) is 11.3. The molecule has 0 aliphatic rings. The van der Waals surface area contributed by atoms with E-state index in [9.17, 15) is 14.0 Å². The molecule has 0 aliphatic carbocycles. The Hall–Kier alpha value is -0.720. The Balaban J connectivity index is -0.000000500. The summed E-state index contributed by atoms with van der Waals surface area (Å²) in [5, 5.41) is 2.10. The molecule has 0 rings (SSSR count). The summed E-state index contributed by atoms with van der Waals surface area (Å²) in [5.74, 6) is 0.654. The zero-order valence-electron chi connectivity index (χ0n) is 6.99. The molecule has 0 aromatic carbocycles. The van der Waals surface area contributed by atoms with E-state index < -0.39 is 12.1 Å². The zero-order chi connectivity index (χ0) is 8.69. The van der Waals surface area contributed by atoms with Gasteiger partial charge >= 0.3 is 6.04 Å². The van der Waals surface area contributed by atoms with Crippen LogP contribution in [0.4, 0.5) is 13.8 Å². The highest BCUT2D eigenvalue weighted by atomic mass is 32.2. The molecule has 0 unspecified atom stereocenters. The number of carbonyl (C=O) groups excluding carboxylic acids is 2. The van der Waals surface area contributed by atoms with Crippen LogP contribution < -0.4 is 5.32 Å². The Morgan fingerprint density at radius 2 is 2.15 bits per heavy atom. The maximum absolute atomic E-state index is 12.0. The van der Waals surface area contributed by atoms with Crippen molar-refractivity contribution >= 4 is 24.2 Å². The number of amides is 1. The molecular formula is C6H12F3NO2S. The number of nitrogens with one attached hydrogen (secondary N) is 1. The van der Waals surface area contributed by atoms with Crippen molar-refractivity contribution in [3.63, 3.8) is 0 Å². The summed E-state index contributed by atoms with van der Waals surface area (Å²) >= 11 is 1.50. The molecule has 7 heteroatoms. The fourth-order valence-electron chi connectivity index (χ4n) is 0.580. The Kier molecular flexibility index (Phi) is 15.7. The van der Waals surface area contributed by atoms with Gasteiger partial charge in [0.1, 0.15) is 6.04 Å². The number of rotatable bonds is 6. The van der Waals surface area contributed by atoms with Crippen molar-refractivity contribution in [1.29, 1.82) is 0 Å². The monoisotopic (exact) mass is 219 g/mol. The molecule has 1 N–H and O–H groups in total. The van der Waals surface area contributed by atoms with Gasteiger partial charge in [-0.3, -0.25) is 19.0 Å². The Bertz CT molecular complexity index is 148. The predicted molar refractivity (Wildman–Crippen MR) is 47.1 cm³/mol. The Morgan fingerprint density at radius 1 is 1.62 bits per heavy atom. The largest absolute Gasteiger partial charge is 0.346 e. The van der Waals surface area contributed by atoms with Crippen molar-refractivity contribution in [2.75, 3.05) is 12.0 Å². The first-order chi connectivity index (χ1) is 5.22. The van der Waals surface area contributed by atoms with Crippen LogP contribution in [0.25, 0.3) is 0 Å². The minimum absolute atomic E-state index is 0. The van der Waals surface area contributed by atoms with E-state index in [4.69, 9.17) is 0 Å². The van der Waals surface area contributed by atoms with E-state index in [-0.39, 0.29) is 9.41 Å². The van der Waals surface area contributed by atoms with Crippen LogP contribution in [0.15, 0.2) is 0 Å². The molecule has 0 heterocycles. The maximum Gasteiger partial charge on any atom is 0.323 e. The van der Waals surface area contributed by atoms with E-state index >= 15 is 0 Å². The lowest BCUT2D eigenvalue weighted by Gasteiger charge is -2.07. The molecule has 3 nitrogen and oxygen atoms in total. The van der Waals surface area contributed by atoms with E-state index in [1.54, 1.807) is 0 Å². The van der Waals surface area contributed by atoms with Crippen molar-refractivity contribution in [2.24, 2.45) is 0 Å². The Labute approximate surface area is 78.2 Å². The van der Waals surface area contributed by atoms with Crippen molar-refractivity contribution in [3.8, 4) is 0 Å². The summed E-state index contributed by atoms with van der Waals surface area (Å²) < 4.78 is 12.0. The predicted octanol–water partition coefficient (Wildman–Crippen LogP) is 0.655. The van der Waals surface area contributed by atoms with Crippen LogP contribution in [0, 0.1) is 0 Å². The van der Waals surface area contributed by atoms with Crippen molar-refractivity contribution in [2.45, 2.75) is 12.5 Å². The lowest BCUT2D eigenvalue weighted by Crippen LogP contribution is -2.34. The summed E-state index contributed by atoms with van der Waals surface area (Å²) in [6, 6.07) is -2.44. The van der Waals surface area contributed by atoms with Crippen LogP contribution in [0.2, 0.25) is 0 Å². The molecule has 1 atom stereocenters. The molecule has 0 saturated carbocycles. The molecule has 0 saturated heterocycles. The van der Waals surface area contributed by atoms with Gasteiger partial charge in [0.2, 0.25) is 6.41 Å². The van der Waals surface area contributed by atoms with Gasteiger partial charge in [-0.05, 0) is 18.4 Å². The Morgan fingerprint density at radius 3 is 2.46 bits per heavy atom. The molecule has 0 spiro atoms. The van der Waals surface area contributed by atoms with Gasteiger partial charge in [-0.2, -0.15) is 16.2 Å². The smallest absolute Gasteiger partial charge is 0.323 e. The normalized spacial score (nSPS) is 10.3. The van der Waals surface area contributed by atoms with Crippen molar-refractivity contribution in [1.82, 2.24) is 5.32 Å². The lowest BCUT2D eigenvalue weighted by molar-refractivity contribution is -0.133. The molecule has 13 heavy (non-hydrogen) atoms. The molecule has 0 aromatic heterocycles. The molecular weight excluding hydrogens is 207 g/mol. The van der Waals surface area contributed by atoms with Crippen molar-refractivity contribution in [3.05, 3.63) is 0 Å². The first-order valence-corrected chi connectivity index (χ1v) is 4.49. The zero-order valence-corrected chi connectivity index (χ0v) is 7.80. The van der Waals surface area contributed by atoms with Crippen LogP contribution in [0.3, 0.4) is 0 Å². The fraction of sp³-hybridized carbons (Fsp3) is 0.667. The molecule has 0 radical (unpaired) electrons. The first kappa shape index (κ1) is 18.1. The van der Waals surface area contributed by atoms with Crippen LogP contribution in [0.5, 0.6) is 0 Å². The number of halogens is 3. The van der Waals surface area contributed by atoms with Gasteiger partial charge in [0.05, 0.1) is 0 Å². The second-order valence-electron chi connectivity index (χ2n) is 1.92. The average molecular weight is 219 g/mol. The van der Waals surface area contributed by atoms with Gasteiger partial charge in [0.15, 0.2) is 0 Å². The van der Waals surface area contributed by atoms with Crippen molar-refractivity contribution < 1.29 is 23.4 Å². The SMILES string of the molecule is CSCC[C@H](NC=O)C(=O)F.F.F. The lowest BCUT2D eigenvalue weighted by atomic mass is 10.2. The maximum atomic E-state index is 12.0. The summed E-state index contributed by atoms with van der Waals surface area (Å²) in [5.41, 5.74) is 0. The van der Waals surface area contributed by atoms with Crippen LogP contribution >= 0.6 is 11.8 Å². The highest BCUT2D eigenvalue weighted by Gasteiger charge is 2.15. The topological polar surface area (TPSA) is 46.2 Å². The summed E-state index contributed by atoms with van der Waals surface area (Å²) in [6.07, 6.45) is 2.53. The number of carbonyl (C=O) groups is 2. The molecule has 0 aliphatic heterocycles. The van der Waals surface area contributed by atoms with E-state index in [0.29, 0.717) is 18.6 Å². The van der Waals surface area contributed by atoms with Crippen LogP contribution in [-0.2, 0) is 9.59 Å². The summed E-state index contributed by atoms with van der Waals surface area (Å²) in [6.45, 7) is 0. The van der Waals surface area contributed by atoms with Gasteiger partial charge in [-0.1, -0.05) is 0 Å². The van der Waals surface area contributed by atoms with E-state index in [2.05, 4.69) is 5.32 Å². The van der Waals surface area contributed by atoms with Crippen LogP contribution in [-0.4, -0.2) is 30.5 Å². The van der Waals surface area contributed by atoms with Gasteiger partial charge in [0.25, 0.3) is 0 Å². The van der Waals surface area contributed by atoms with E-state index in [1.165, 1.54) is 11.8 Å². The third-order valence-electron chi connectivity index (χ3n) is 1.15. The highest BCUT2D eigenvalue weighted by Crippen LogP contribution is 2.01. The summed E-state index contributed by atoms with van der Waals surface area (Å²) in [7, 11) is 0. The van der Waals surface area contributed by atoms with E-state index in [1.807, 2.05) is 6.26 Å². The number of hydrogen-bond donors (Lipinski definition) is 1. The number of thioether (sulfide) groups is 1. The molecule has 0 fully saturated rings. The minimum Gasteiger partial charge on any atom is -0.346 e. The standard InChI is InChI=1S/C6H10FNO2S.2FH/c1-11-3-2-5(6(7)10)8-4-9;;/h4-5H,2-3H2,1H3,(H,8,9);2*1H/t5-;;/m0../s1. The van der Waals surface area contributed by atoms with E-state index in [0.717, 1.165) is 0 Å². The van der Waals surface area contributed by atoms with Gasteiger partial charge in [0, 0.05) is 0 Å². The van der Waals surface area contributed by atoms with Crippen LogP contribution in [0.1, 0.15) is 6.42 Å². The molecule has 1 amide bonds. The molecule has 80 valence electrons.